The van der Waals surface area contributed by atoms with Crippen LogP contribution in [-0.2, 0) is 0 Å². The summed E-state index contributed by atoms with van der Waals surface area (Å²) in [5, 5.41) is 14.9. The summed E-state index contributed by atoms with van der Waals surface area (Å²) >= 11 is 5.90. The highest BCUT2D eigenvalue weighted by Gasteiger charge is 2.47. The van der Waals surface area contributed by atoms with Gasteiger partial charge in [-0.1, -0.05) is 11.6 Å². The summed E-state index contributed by atoms with van der Waals surface area (Å²) in [7, 11) is 0. The first-order valence-corrected chi connectivity index (χ1v) is 7.11. The van der Waals surface area contributed by atoms with Crippen LogP contribution in [0, 0.1) is 5.92 Å². The lowest BCUT2D eigenvalue weighted by Crippen LogP contribution is -2.47. The van der Waals surface area contributed by atoms with Crippen LogP contribution < -0.4 is 5.32 Å². The maximum absolute atomic E-state index is 11.0. The maximum atomic E-state index is 11.0. The minimum absolute atomic E-state index is 0.178. The Hall–Kier alpha value is -0.640. The van der Waals surface area contributed by atoms with Gasteiger partial charge >= 0.3 is 0 Å². The summed E-state index contributed by atoms with van der Waals surface area (Å²) in [4.78, 5) is 4.45. The number of aliphatic hydroxyl groups is 1. The lowest BCUT2D eigenvalue weighted by atomic mass is 9.75. The predicted molar refractivity (Wildman–Crippen MR) is 71.8 cm³/mol. The molecule has 1 aliphatic heterocycles. The van der Waals surface area contributed by atoms with Gasteiger partial charge < -0.3 is 10.4 Å². The van der Waals surface area contributed by atoms with Gasteiger partial charge in [0.25, 0.3) is 0 Å². The molecule has 1 saturated carbocycles. The van der Waals surface area contributed by atoms with E-state index in [1.165, 1.54) is 12.8 Å². The van der Waals surface area contributed by atoms with Gasteiger partial charge in [0, 0.05) is 17.8 Å². The second-order valence-corrected chi connectivity index (χ2v) is 6.01. The van der Waals surface area contributed by atoms with Gasteiger partial charge in [-0.2, -0.15) is 0 Å². The van der Waals surface area contributed by atoms with Crippen molar-refractivity contribution in [2.24, 2.45) is 5.92 Å². The van der Waals surface area contributed by atoms with Gasteiger partial charge in [0.1, 0.15) is 0 Å². The molecule has 1 aromatic rings. The second kappa shape index (κ2) is 4.80. The zero-order valence-corrected chi connectivity index (χ0v) is 11.2. The van der Waals surface area contributed by atoms with Crippen LogP contribution in [0.3, 0.4) is 0 Å². The van der Waals surface area contributed by atoms with Crippen LogP contribution >= 0.6 is 11.6 Å². The molecular weight excluding hydrogens is 248 g/mol. The second-order valence-electron chi connectivity index (χ2n) is 5.57. The van der Waals surface area contributed by atoms with Crippen LogP contribution in [0.25, 0.3) is 0 Å². The van der Waals surface area contributed by atoms with E-state index in [0.717, 1.165) is 31.6 Å². The average Bonchev–Trinajstić information content (AvgIpc) is 3.17. The molecule has 0 radical (unpaired) electrons. The van der Waals surface area contributed by atoms with E-state index in [-0.39, 0.29) is 5.92 Å². The Balaban J connectivity index is 1.89. The first-order valence-electron chi connectivity index (χ1n) is 6.74. The normalized spacial score (nSPS) is 24.8. The number of nitrogens with one attached hydrogen (secondary N) is 1. The molecule has 1 aromatic heterocycles. The largest absolute Gasteiger partial charge is 0.389 e. The first-order chi connectivity index (χ1) is 8.69. The Kier molecular flexibility index (Phi) is 3.31. The Morgan fingerprint density at radius 2 is 2.06 bits per heavy atom. The third kappa shape index (κ3) is 2.40. The highest BCUT2D eigenvalue weighted by molar-refractivity contribution is 6.30. The van der Waals surface area contributed by atoms with Crippen LogP contribution in [0.15, 0.2) is 18.3 Å². The van der Waals surface area contributed by atoms with E-state index in [1.807, 2.05) is 12.1 Å². The summed E-state index contributed by atoms with van der Waals surface area (Å²) in [5.74, 6) is 0.777. The summed E-state index contributed by atoms with van der Waals surface area (Å²) in [6, 6.07) is 3.86. The highest BCUT2D eigenvalue weighted by atomic mass is 35.5. The Labute approximate surface area is 113 Å². The number of rotatable bonds is 3. The molecule has 1 aliphatic carbocycles. The van der Waals surface area contributed by atoms with E-state index in [0.29, 0.717) is 10.9 Å². The summed E-state index contributed by atoms with van der Waals surface area (Å²) < 4.78 is 0. The van der Waals surface area contributed by atoms with E-state index < -0.39 is 5.60 Å². The van der Waals surface area contributed by atoms with Gasteiger partial charge in [-0.25, -0.2) is 0 Å². The Bertz CT molecular complexity index is 410. The maximum Gasteiger partial charge on any atom is 0.0757 e. The molecular formula is C14H19ClN2O. The molecule has 3 rings (SSSR count). The van der Waals surface area contributed by atoms with E-state index >= 15 is 0 Å². The van der Waals surface area contributed by atoms with Crippen molar-refractivity contribution in [1.29, 1.82) is 0 Å². The number of hydrogen-bond donors (Lipinski definition) is 2. The Morgan fingerprint density at radius 3 is 2.61 bits per heavy atom. The number of pyridine rings is 1. The van der Waals surface area contributed by atoms with Crippen LogP contribution in [-0.4, -0.2) is 28.8 Å². The van der Waals surface area contributed by atoms with Gasteiger partial charge in [0.2, 0.25) is 0 Å². The number of nitrogens with zero attached hydrogens (tertiary/aromatic N) is 1. The summed E-state index contributed by atoms with van der Waals surface area (Å²) in [6.45, 7) is 1.79. The molecule has 0 bridgehead atoms. The number of aromatic nitrogens is 1. The number of hydrogen-bond acceptors (Lipinski definition) is 3. The standard InChI is InChI=1S/C14H19ClN2O/c15-11-3-4-12(17-9-11)13(10-1-2-10)14(18)5-7-16-8-6-14/h3-4,9-10,13,16,18H,1-2,5-8H2/t13-/m1/s1. The number of piperidine rings is 1. The average molecular weight is 267 g/mol. The van der Waals surface area contributed by atoms with Gasteiger partial charge in [-0.05, 0) is 56.8 Å². The third-order valence-electron chi connectivity index (χ3n) is 4.21. The van der Waals surface area contributed by atoms with Crippen molar-refractivity contribution in [1.82, 2.24) is 10.3 Å². The van der Waals surface area contributed by atoms with Gasteiger partial charge in [-0.15, -0.1) is 0 Å². The molecule has 0 aromatic carbocycles. The Morgan fingerprint density at radius 1 is 1.33 bits per heavy atom. The molecule has 4 heteroatoms. The molecule has 0 unspecified atom stereocenters. The van der Waals surface area contributed by atoms with Crippen molar-refractivity contribution >= 4 is 11.6 Å². The molecule has 0 amide bonds. The van der Waals surface area contributed by atoms with Crippen molar-refractivity contribution < 1.29 is 5.11 Å². The summed E-state index contributed by atoms with van der Waals surface area (Å²) in [6.07, 6.45) is 5.75. The topological polar surface area (TPSA) is 45.2 Å². The van der Waals surface area contributed by atoms with Crippen molar-refractivity contribution in [3.8, 4) is 0 Å². The summed E-state index contributed by atoms with van der Waals surface area (Å²) in [5.41, 5.74) is 0.416. The van der Waals surface area contributed by atoms with E-state index in [9.17, 15) is 5.11 Å². The molecule has 0 spiro atoms. The van der Waals surface area contributed by atoms with Crippen molar-refractivity contribution in [3.63, 3.8) is 0 Å². The lowest BCUT2D eigenvalue weighted by molar-refractivity contribution is -0.0234. The van der Waals surface area contributed by atoms with Crippen molar-refractivity contribution in [3.05, 3.63) is 29.0 Å². The molecule has 1 atom stereocenters. The zero-order valence-electron chi connectivity index (χ0n) is 10.4. The monoisotopic (exact) mass is 266 g/mol. The highest BCUT2D eigenvalue weighted by Crippen LogP contribution is 2.50. The minimum atomic E-state index is -0.590. The molecule has 2 fully saturated rings. The van der Waals surface area contributed by atoms with Crippen molar-refractivity contribution in [2.45, 2.75) is 37.2 Å². The third-order valence-corrected chi connectivity index (χ3v) is 4.43. The quantitative estimate of drug-likeness (QED) is 0.883. The molecule has 2 heterocycles. The fourth-order valence-corrected chi connectivity index (χ4v) is 3.24. The molecule has 18 heavy (non-hydrogen) atoms. The zero-order chi connectivity index (χ0) is 12.6. The molecule has 3 nitrogen and oxygen atoms in total. The van der Waals surface area contributed by atoms with E-state index in [1.54, 1.807) is 6.20 Å². The minimum Gasteiger partial charge on any atom is -0.389 e. The smallest absolute Gasteiger partial charge is 0.0757 e. The fraction of sp³-hybridized carbons (Fsp3) is 0.643. The van der Waals surface area contributed by atoms with Gasteiger partial charge in [0.05, 0.1) is 10.6 Å². The van der Waals surface area contributed by atoms with Crippen LogP contribution in [0.5, 0.6) is 0 Å². The van der Waals surface area contributed by atoms with E-state index in [4.69, 9.17) is 11.6 Å². The lowest BCUT2D eigenvalue weighted by Gasteiger charge is -2.39. The SMILES string of the molecule is OC1([C@@H](c2ccc(Cl)cn2)C2CC2)CCNCC1. The van der Waals surface area contributed by atoms with Crippen LogP contribution in [0.1, 0.15) is 37.3 Å². The van der Waals surface area contributed by atoms with Gasteiger partial charge in [0.15, 0.2) is 0 Å². The van der Waals surface area contributed by atoms with Crippen LogP contribution in [0.2, 0.25) is 5.02 Å². The fourth-order valence-electron chi connectivity index (χ4n) is 3.13. The molecule has 2 N–H and O–H groups in total. The number of halogens is 1. The molecule has 98 valence electrons. The molecule has 1 saturated heterocycles. The van der Waals surface area contributed by atoms with Crippen LogP contribution in [0.4, 0.5) is 0 Å². The van der Waals surface area contributed by atoms with Crippen molar-refractivity contribution in [2.75, 3.05) is 13.1 Å². The first kappa shape index (κ1) is 12.4. The van der Waals surface area contributed by atoms with E-state index in [2.05, 4.69) is 10.3 Å². The predicted octanol–water partition coefficient (Wildman–Crippen LogP) is 2.34. The molecule has 2 aliphatic rings. The van der Waals surface area contributed by atoms with Gasteiger partial charge in [-0.3, -0.25) is 4.98 Å².